The number of benzene rings is 3. The number of amides is 1. The van der Waals surface area contributed by atoms with Gasteiger partial charge in [-0.05, 0) is 50.1 Å². The molecule has 3 aromatic carbocycles. The Labute approximate surface area is 186 Å². The number of carbonyl (C=O) groups excluding carboxylic acids is 1. The minimum atomic E-state index is -0.0709. The zero-order valence-corrected chi connectivity index (χ0v) is 18.6. The summed E-state index contributed by atoms with van der Waals surface area (Å²) in [6, 6.07) is 24.2. The predicted molar refractivity (Wildman–Crippen MR) is 127 cm³/mol. The van der Waals surface area contributed by atoms with E-state index in [-0.39, 0.29) is 11.7 Å². The summed E-state index contributed by atoms with van der Waals surface area (Å²) in [4.78, 5) is 12.6. The third-order valence-corrected chi connectivity index (χ3v) is 5.89. The maximum atomic E-state index is 12.6. The Bertz CT molecular complexity index is 1200. The van der Waals surface area contributed by atoms with Gasteiger partial charge in [-0.1, -0.05) is 71.9 Å². The van der Waals surface area contributed by atoms with E-state index in [4.69, 9.17) is 0 Å². The molecule has 0 bridgehead atoms. The molecule has 0 radical (unpaired) electrons. The van der Waals surface area contributed by atoms with Gasteiger partial charge < -0.3 is 5.32 Å². The van der Waals surface area contributed by atoms with Gasteiger partial charge >= 0.3 is 0 Å². The smallest absolute Gasteiger partial charge is 0.234 e. The van der Waals surface area contributed by atoms with Crippen LogP contribution >= 0.6 is 11.8 Å². The molecule has 1 heterocycles. The van der Waals surface area contributed by atoms with Crippen LogP contribution in [0.25, 0.3) is 17.1 Å². The zero-order valence-electron chi connectivity index (χ0n) is 17.8. The molecule has 31 heavy (non-hydrogen) atoms. The zero-order chi connectivity index (χ0) is 21.8. The Morgan fingerprint density at radius 3 is 2.35 bits per heavy atom. The van der Waals surface area contributed by atoms with Gasteiger partial charge in [-0.15, -0.1) is 10.2 Å². The number of hydrogen-bond acceptors (Lipinski definition) is 4. The molecule has 0 aliphatic rings. The van der Waals surface area contributed by atoms with Gasteiger partial charge in [-0.2, -0.15) is 0 Å². The highest BCUT2D eigenvalue weighted by atomic mass is 32.2. The molecule has 0 spiro atoms. The van der Waals surface area contributed by atoms with E-state index in [1.807, 2.05) is 79.1 Å². The van der Waals surface area contributed by atoms with Crippen LogP contribution in [0.4, 0.5) is 5.69 Å². The van der Waals surface area contributed by atoms with Gasteiger partial charge in [-0.25, -0.2) is 0 Å². The summed E-state index contributed by atoms with van der Waals surface area (Å²) in [6.07, 6.45) is 0. The SMILES string of the molecule is Cc1ccc(-n2c(SCC(=O)Nc3cc(C)ccc3C)nnc2-c2ccccc2)cc1. The van der Waals surface area contributed by atoms with Crippen molar-refractivity contribution in [2.24, 2.45) is 0 Å². The molecule has 0 unspecified atom stereocenters. The Balaban J connectivity index is 1.59. The number of aryl methyl sites for hydroxylation is 3. The quantitative estimate of drug-likeness (QED) is 0.407. The number of thioether (sulfide) groups is 1. The van der Waals surface area contributed by atoms with Crippen molar-refractivity contribution in [1.82, 2.24) is 14.8 Å². The molecule has 6 heteroatoms. The first-order chi connectivity index (χ1) is 15.0. The van der Waals surface area contributed by atoms with E-state index in [0.29, 0.717) is 5.16 Å². The lowest BCUT2D eigenvalue weighted by Crippen LogP contribution is -2.15. The van der Waals surface area contributed by atoms with Crippen LogP contribution in [0.3, 0.4) is 0 Å². The predicted octanol–water partition coefficient (Wildman–Crippen LogP) is 5.59. The highest BCUT2D eigenvalue weighted by Gasteiger charge is 2.17. The Morgan fingerprint density at radius 1 is 0.903 bits per heavy atom. The fourth-order valence-electron chi connectivity index (χ4n) is 3.25. The molecular formula is C25H24N4OS. The third-order valence-electron chi connectivity index (χ3n) is 4.96. The molecule has 0 aliphatic carbocycles. The van der Waals surface area contributed by atoms with Crippen molar-refractivity contribution in [3.8, 4) is 17.1 Å². The van der Waals surface area contributed by atoms with Crippen molar-refractivity contribution in [2.75, 3.05) is 11.1 Å². The normalized spacial score (nSPS) is 10.8. The van der Waals surface area contributed by atoms with Crippen LogP contribution < -0.4 is 5.32 Å². The Hall–Kier alpha value is -3.38. The summed E-state index contributed by atoms with van der Waals surface area (Å²) in [5.74, 6) is 0.923. The van der Waals surface area contributed by atoms with Crippen molar-refractivity contribution < 1.29 is 4.79 Å². The van der Waals surface area contributed by atoms with Crippen LogP contribution in [0, 0.1) is 20.8 Å². The van der Waals surface area contributed by atoms with Gasteiger partial charge in [0.25, 0.3) is 0 Å². The summed E-state index contributed by atoms with van der Waals surface area (Å²) in [5.41, 5.74) is 6.11. The summed E-state index contributed by atoms with van der Waals surface area (Å²) in [5, 5.41) is 12.5. The van der Waals surface area contributed by atoms with Gasteiger partial charge in [0.1, 0.15) is 0 Å². The van der Waals surface area contributed by atoms with Gasteiger partial charge in [0, 0.05) is 16.9 Å². The van der Waals surface area contributed by atoms with E-state index in [0.717, 1.165) is 33.9 Å². The first-order valence-corrected chi connectivity index (χ1v) is 11.1. The third kappa shape index (κ3) is 4.86. The topological polar surface area (TPSA) is 59.8 Å². The molecule has 4 rings (SSSR count). The molecule has 1 aromatic heterocycles. The highest BCUT2D eigenvalue weighted by Crippen LogP contribution is 2.28. The average molecular weight is 429 g/mol. The molecule has 0 aliphatic heterocycles. The van der Waals surface area contributed by atoms with Crippen LogP contribution in [0.15, 0.2) is 78.0 Å². The molecule has 4 aromatic rings. The number of rotatable bonds is 6. The number of nitrogens with one attached hydrogen (secondary N) is 1. The molecule has 1 amide bonds. The average Bonchev–Trinajstić information content (AvgIpc) is 3.20. The van der Waals surface area contributed by atoms with Gasteiger partial charge in [0.15, 0.2) is 11.0 Å². The van der Waals surface area contributed by atoms with E-state index in [1.54, 1.807) is 0 Å². The second-order valence-electron chi connectivity index (χ2n) is 7.50. The summed E-state index contributed by atoms with van der Waals surface area (Å²) < 4.78 is 2.00. The Kier molecular flexibility index (Phi) is 6.18. The van der Waals surface area contributed by atoms with Crippen LogP contribution in [0.1, 0.15) is 16.7 Å². The van der Waals surface area contributed by atoms with E-state index in [2.05, 4.69) is 34.6 Å². The maximum Gasteiger partial charge on any atom is 0.234 e. The molecular weight excluding hydrogens is 404 g/mol. The summed E-state index contributed by atoms with van der Waals surface area (Å²) in [7, 11) is 0. The minimum Gasteiger partial charge on any atom is -0.325 e. The van der Waals surface area contributed by atoms with E-state index in [1.165, 1.54) is 17.3 Å². The molecule has 0 saturated heterocycles. The fraction of sp³-hybridized carbons (Fsp3) is 0.160. The maximum absolute atomic E-state index is 12.6. The monoisotopic (exact) mass is 428 g/mol. The standard InChI is InChI=1S/C25H24N4OS/c1-17-10-13-21(14-11-17)29-24(20-7-5-4-6-8-20)27-28-25(29)31-16-23(30)26-22-15-18(2)9-12-19(22)3/h4-15H,16H2,1-3H3,(H,26,30). The van der Waals surface area contributed by atoms with E-state index >= 15 is 0 Å². The first kappa shape index (κ1) is 20.9. The molecule has 0 saturated carbocycles. The Morgan fingerprint density at radius 2 is 1.61 bits per heavy atom. The molecule has 0 atom stereocenters. The van der Waals surface area contributed by atoms with Gasteiger partial charge in [0.2, 0.25) is 5.91 Å². The van der Waals surface area contributed by atoms with Gasteiger partial charge in [0.05, 0.1) is 5.75 Å². The number of aromatic nitrogens is 3. The fourth-order valence-corrected chi connectivity index (χ4v) is 4.00. The van der Waals surface area contributed by atoms with Crippen LogP contribution in [-0.4, -0.2) is 26.4 Å². The van der Waals surface area contributed by atoms with Crippen molar-refractivity contribution >= 4 is 23.4 Å². The largest absolute Gasteiger partial charge is 0.325 e. The summed E-state index contributed by atoms with van der Waals surface area (Å²) in [6.45, 7) is 6.06. The second-order valence-corrected chi connectivity index (χ2v) is 8.44. The lowest BCUT2D eigenvalue weighted by molar-refractivity contribution is -0.113. The van der Waals surface area contributed by atoms with Crippen LogP contribution in [0.2, 0.25) is 0 Å². The number of nitrogens with zero attached hydrogens (tertiary/aromatic N) is 3. The van der Waals surface area contributed by atoms with Crippen LogP contribution in [0.5, 0.6) is 0 Å². The van der Waals surface area contributed by atoms with Crippen molar-refractivity contribution in [2.45, 2.75) is 25.9 Å². The lowest BCUT2D eigenvalue weighted by Gasteiger charge is -2.12. The van der Waals surface area contributed by atoms with Crippen molar-refractivity contribution in [3.63, 3.8) is 0 Å². The molecule has 156 valence electrons. The second kappa shape index (κ2) is 9.18. The van der Waals surface area contributed by atoms with Crippen LogP contribution in [-0.2, 0) is 4.79 Å². The first-order valence-electron chi connectivity index (χ1n) is 10.1. The van der Waals surface area contributed by atoms with E-state index < -0.39 is 0 Å². The number of hydrogen-bond donors (Lipinski definition) is 1. The lowest BCUT2D eigenvalue weighted by atomic mass is 10.1. The highest BCUT2D eigenvalue weighted by molar-refractivity contribution is 7.99. The summed E-state index contributed by atoms with van der Waals surface area (Å²) >= 11 is 1.38. The van der Waals surface area contributed by atoms with E-state index in [9.17, 15) is 4.79 Å². The van der Waals surface area contributed by atoms with Gasteiger partial charge in [-0.3, -0.25) is 9.36 Å². The van der Waals surface area contributed by atoms with Crippen molar-refractivity contribution in [1.29, 1.82) is 0 Å². The molecule has 5 nitrogen and oxygen atoms in total. The van der Waals surface area contributed by atoms with Crippen molar-refractivity contribution in [3.05, 3.63) is 89.5 Å². The molecule has 0 fully saturated rings. The number of anilines is 1. The molecule has 1 N–H and O–H groups in total. The minimum absolute atomic E-state index is 0.0709. The number of carbonyl (C=O) groups is 1.